The third kappa shape index (κ3) is 3.48. The Morgan fingerprint density at radius 1 is 1.22 bits per heavy atom. The van der Waals surface area contributed by atoms with E-state index in [1.165, 1.54) is 12.1 Å². The predicted molar refractivity (Wildman–Crippen MR) is 85.7 cm³/mol. The van der Waals surface area contributed by atoms with Gasteiger partial charge in [-0.3, -0.25) is 10.1 Å². The van der Waals surface area contributed by atoms with E-state index in [0.717, 1.165) is 17.0 Å². The molecular weight excluding hydrogens is 296 g/mol. The van der Waals surface area contributed by atoms with Crippen molar-refractivity contribution in [1.82, 2.24) is 0 Å². The van der Waals surface area contributed by atoms with E-state index in [9.17, 15) is 10.1 Å². The quantitative estimate of drug-likeness (QED) is 0.625. The molecule has 1 heterocycles. The Labute approximate surface area is 133 Å². The van der Waals surface area contributed by atoms with E-state index >= 15 is 0 Å². The normalized spacial score (nSPS) is 18.0. The topological polar surface area (TPSA) is 74.0 Å². The van der Waals surface area contributed by atoms with Crippen molar-refractivity contribution >= 4 is 11.4 Å². The number of non-ortho nitro benzene ring substituents is 1. The molecular formula is C17H16N2O4. The average Bonchev–Trinajstić information content (AvgIpc) is 3.06. The molecule has 0 bridgehead atoms. The molecule has 2 aromatic rings. The lowest BCUT2D eigenvalue weighted by molar-refractivity contribution is -0.384. The summed E-state index contributed by atoms with van der Waals surface area (Å²) in [6.07, 6.45) is 0.267. The first kappa shape index (κ1) is 15.0. The first-order valence-corrected chi connectivity index (χ1v) is 7.33. The van der Waals surface area contributed by atoms with E-state index in [2.05, 4.69) is 5.16 Å². The molecule has 1 aliphatic heterocycles. The Hall–Kier alpha value is -2.89. The van der Waals surface area contributed by atoms with E-state index in [1.807, 2.05) is 37.3 Å². The summed E-state index contributed by atoms with van der Waals surface area (Å²) in [5.41, 5.74) is 1.66. The summed E-state index contributed by atoms with van der Waals surface area (Å²) < 4.78 is 5.85. The lowest BCUT2D eigenvalue weighted by Crippen LogP contribution is -2.29. The molecule has 3 rings (SSSR count). The third-order valence-electron chi connectivity index (χ3n) is 3.69. The highest BCUT2D eigenvalue weighted by molar-refractivity contribution is 6.01. The Balaban J connectivity index is 1.62. The summed E-state index contributed by atoms with van der Waals surface area (Å²) in [5, 5.41) is 14.8. The number of nitro benzene ring substituents is 1. The number of para-hydroxylation sites is 1. The van der Waals surface area contributed by atoms with E-state index in [-0.39, 0.29) is 17.9 Å². The van der Waals surface area contributed by atoms with Gasteiger partial charge < -0.3 is 9.57 Å². The number of rotatable bonds is 5. The SMILES string of the molecule is C[C@H](Oc1ccccc1)[C@H]1CC(c2ccc([N+](=O)[O-])cc2)=NO1. The van der Waals surface area contributed by atoms with Crippen LogP contribution in [0.3, 0.4) is 0 Å². The second-order valence-corrected chi connectivity index (χ2v) is 5.33. The molecule has 0 aromatic heterocycles. The standard InChI is InChI=1S/C17H16N2O4/c1-12(22-15-5-3-2-4-6-15)17-11-16(18-23-17)13-7-9-14(10-8-13)19(20)21/h2-10,12,17H,11H2,1H3/t12-,17+/m0/s1. The Morgan fingerprint density at radius 2 is 1.91 bits per heavy atom. The van der Waals surface area contributed by atoms with Gasteiger partial charge in [-0.1, -0.05) is 23.4 Å². The number of ether oxygens (including phenoxy) is 1. The molecule has 0 spiro atoms. The van der Waals surface area contributed by atoms with Crippen LogP contribution in [-0.4, -0.2) is 22.8 Å². The van der Waals surface area contributed by atoms with Crippen molar-refractivity contribution in [2.45, 2.75) is 25.6 Å². The summed E-state index contributed by atoms with van der Waals surface area (Å²) in [6, 6.07) is 15.8. The van der Waals surface area contributed by atoms with E-state index in [1.54, 1.807) is 12.1 Å². The average molecular weight is 312 g/mol. The zero-order valence-electron chi connectivity index (χ0n) is 12.6. The highest BCUT2D eigenvalue weighted by atomic mass is 16.7. The van der Waals surface area contributed by atoms with Crippen LogP contribution in [0.25, 0.3) is 0 Å². The first-order valence-electron chi connectivity index (χ1n) is 7.33. The van der Waals surface area contributed by atoms with Crippen molar-refractivity contribution < 1.29 is 14.5 Å². The van der Waals surface area contributed by atoms with Gasteiger partial charge >= 0.3 is 0 Å². The molecule has 6 nitrogen and oxygen atoms in total. The van der Waals surface area contributed by atoms with Crippen molar-refractivity contribution in [1.29, 1.82) is 0 Å². The minimum Gasteiger partial charge on any atom is -0.487 e. The largest absolute Gasteiger partial charge is 0.487 e. The second kappa shape index (κ2) is 6.48. The molecule has 2 aromatic carbocycles. The van der Waals surface area contributed by atoms with Gasteiger partial charge in [0, 0.05) is 18.6 Å². The van der Waals surface area contributed by atoms with E-state index < -0.39 is 4.92 Å². The molecule has 0 fully saturated rings. The highest BCUT2D eigenvalue weighted by Crippen LogP contribution is 2.23. The molecule has 0 amide bonds. The van der Waals surface area contributed by atoms with Crippen LogP contribution in [0.15, 0.2) is 59.8 Å². The van der Waals surface area contributed by atoms with Gasteiger partial charge in [-0.15, -0.1) is 0 Å². The molecule has 0 unspecified atom stereocenters. The summed E-state index contributed by atoms with van der Waals surface area (Å²) >= 11 is 0. The zero-order valence-corrected chi connectivity index (χ0v) is 12.6. The molecule has 6 heteroatoms. The van der Waals surface area contributed by atoms with Crippen LogP contribution in [0, 0.1) is 10.1 Å². The Morgan fingerprint density at radius 3 is 2.57 bits per heavy atom. The summed E-state index contributed by atoms with van der Waals surface area (Å²) in [5.74, 6) is 0.785. The van der Waals surface area contributed by atoms with Gasteiger partial charge in [0.15, 0.2) is 6.10 Å². The van der Waals surface area contributed by atoms with Crippen molar-refractivity contribution in [3.8, 4) is 5.75 Å². The number of oxime groups is 1. The summed E-state index contributed by atoms with van der Waals surface area (Å²) in [6.45, 7) is 1.94. The number of nitrogens with zero attached hydrogens (tertiary/aromatic N) is 2. The fourth-order valence-electron chi connectivity index (χ4n) is 2.38. The van der Waals surface area contributed by atoms with Crippen LogP contribution >= 0.6 is 0 Å². The maximum Gasteiger partial charge on any atom is 0.269 e. The minimum atomic E-state index is -0.421. The fraction of sp³-hybridized carbons (Fsp3) is 0.235. The predicted octanol–water partition coefficient (Wildman–Crippen LogP) is 3.56. The Bertz CT molecular complexity index is 713. The lowest BCUT2D eigenvalue weighted by Gasteiger charge is -2.19. The van der Waals surface area contributed by atoms with E-state index in [0.29, 0.717) is 6.42 Å². The molecule has 118 valence electrons. The third-order valence-corrected chi connectivity index (χ3v) is 3.69. The molecule has 23 heavy (non-hydrogen) atoms. The number of benzene rings is 2. The maximum atomic E-state index is 10.7. The molecule has 0 N–H and O–H groups in total. The number of hydrogen-bond acceptors (Lipinski definition) is 5. The maximum absolute atomic E-state index is 10.7. The van der Waals surface area contributed by atoms with Crippen molar-refractivity contribution in [3.05, 3.63) is 70.3 Å². The molecule has 2 atom stereocenters. The van der Waals surface area contributed by atoms with Gasteiger partial charge in [-0.25, -0.2) is 0 Å². The molecule has 0 aliphatic carbocycles. The Kier molecular flexibility index (Phi) is 4.23. The van der Waals surface area contributed by atoms with E-state index in [4.69, 9.17) is 9.57 Å². The number of nitro groups is 1. The summed E-state index contributed by atoms with van der Waals surface area (Å²) in [7, 11) is 0. The number of hydrogen-bond donors (Lipinski definition) is 0. The second-order valence-electron chi connectivity index (χ2n) is 5.33. The monoisotopic (exact) mass is 312 g/mol. The van der Waals surface area contributed by atoms with Gasteiger partial charge in [0.2, 0.25) is 0 Å². The fourth-order valence-corrected chi connectivity index (χ4v) is 2.38. The van der Waals surface area contributed by atoms with Crippen LogP contribution in [0.5, 0.6) is 5.75 Å². The van der Waals surface area contributed by atoms with Crippen LogP contribution in [-0.2, 0) is 4.84 Å². The van der Waals surface area contributed by atoms with Crippen molar-refractivity contribution in [2.24, 2.45) is 5.16 Å². The van der Waals surface area contributed by atoms with Crippen LogP contribution in [0.2, 0.25) is 0 Å². The van der Waals surface area contributed by atoms with Gasteiger partial charge in [-0.2, -0.15) is 0 Å². The van der Waals surface area contributed by atoms with Crippen molar-refractivity contribution in [2.75, 3.05) is 0 Å². The zero-order chi connectivity index (χ0) is 16.2. The minimum absolute atomic E-state index is 0.0607. The first-order chi connectivity index (χ1) is 11.1. The van der Waals surface area contributed by atoms with Crippen LogP contribution < -0.4 is 4.74 Å². The van der Waals surface area contributed by atoms with Gasteiger partial charge in [-0.05, 0) is 36.8 Å². The van der Waals surface area contributed by atoms with Crippen LogP contribution in [0.4, 0.5) is 5.69 Å². The molecule has 0 saturated heterocycles. The molecule has 0 saturated carbocycles. The van der Waals surface area contributed by atoms with Gasteiger partial charge in [0.25, 0.3) is 5.69 Å². The van der Waals surface area contributed by atoms with Gasteiger partial charge in [0.05, 0.1) is 10.6 Å². The molecule has 1 aliphatic rings. The lowest BCUT2D eigenvalue weighted by atomic mass is 10.0. The van der Waals surface area contributed by atoms with Gasteiger partial charge in [0.1, 0.15) is 11.9 Å². The van der Waals surface area contributed by atoms with Crippen molar-refractivity contribution in [3.63, 3.8) is 0 Å². The highest BCUT2D eigenvalue weighted by Gasteiger charge is 2.29. The molecule has 0 radical (unpaired) electrons. The summed E-state index contributed by atoms with van der Waals surface area (Å²) in [4.78, 5) is 15.7. The smallest absolute Gasteiger partial charge is 0.269 e. The van der Waals surface area contributed by atoms with Crippen LogP contribution in [0.1, 0.15) is 18.9 Å².